The molecule has 1 saturated carbocycles. The molecule has 2 unspecified atom stereocenters. The topological polar surface area (TPSA) is 12.0 Å². The van der Waals surface area contributed by atoms with Gasteiger partial charge in [0.1, 0.15) is 0 Å². The fourth-order valence-corrected chi connectivity index (χ4v) is 3.67. The maximum Gasteiger partial charge on any atom is 0.435 e. The van der Waals surface area contributed by atoms with E-state index < -0.39 is 23.6 Å². The number of alkyl halides is 7. The Morgan fingerprint density at radius 3 is 2.17 bits per heavy atom. The highest BCUT2D eigenvalue weighted by atomic mass is 19.4. The van der Waals surface area contributed by atoms with E-state index in [1.165, 1.54) is 6.07 Å². The van der Waals surface area contributed by atoms with Gasteiger partial charge in [0.15, 0.2) is 0 Å². The third kappa shape index (κ3) is 2.37. The lowest BCUT2D eigenvalue weighted by molar-refractivity contribution is -0.348. The minimum absolute atomic E-state index is 0.117. The van der Waals surface area contributed by atoms with Gasteiger partial charge in [-0.2, -0.15) is 26.3 Å². The molecule has 128 valence electrons. The molecule has 0 saturated heterocycles. The first-order valence-electron chi connectivity index (χ1n) is 7.26. The molecule has 0 aromatic heterocycles. The van der Waals surface area contributed by atoms with Gasteiger partial charge in [0, 0.05) is 17.8 Å². The van der Waals surface area contributed by atoms with E-state index in [0.717, 1.165) is 19.3 Å². The smallest absolute Gasteiger partial charge is 0.385 e. The first-order chi connectivity index (χ1) is 10.6. The Hall–Kier alpha value is -1.47. The SMILES string of the molecule is FC(F)(F)C(F)(c1ccc2c(c1)NCC1CCCC21)C(F)(F)F. The Kier molecular flexibility index (Phi) is 3.57. The fourth-order valence-electron chi connectivity index (χ4n) is 3.67. The minimum atomic E-state index is -6.08. The first-order valence-corrected chi connectivity index (χ1v) is 7.26. The van der Waals surface area contributed by atoms with Gasteiger partial charge >= 0.3 is 18.0 Å². The molecule has 0 bridgehead atoms. The Bertz CT molecular complexity index is 591. The molecule has 1 aromatic carbocycles. The molecule has 1 nitrogen and oxygen atoms in total. The quantitative estimate of drug-likeness (QED) is 0.685. The van der Waals surface area contributed by atoms with Crippen LogP contribution < -0.4 is 5.32 Å². The molecule has 0 spiro atoms. The van der Waals surface area contributed by atoms with E-state index in [1.54, 1.807) is 0 Å². The maximum atomic E-state index is 14.1. The summed E-state index contributed by atoms with van der Waals surface area (Å²) in [7, 11) is 0. The lowest BCUT2D eigenvalue weighted by Gasteiger charge is -2.33. The molecule has 8 heteroatoms. The predicted octanol–water partition coefficient (Wildman–Crippen LogP) is 5.29. The van der Waals surface area contributed by atoms with E-state index in [2.05, 4.69) is 5.32 Å². The monoisotopic (exact) mass is 341 g/mol. The Morgan fingerprint density at radius 1 is 0.913 bits per heavy atom. The van der Waals surface area contributed by atoms with Crippen molar-refractivity contribution in [3.05, 3.63) is 29.3 Å². The highest BCUT2D eigenvalue weighted by molar-refractivity contribution is 5.58. The Labute approximate surface area is 127 Å². The molecule has 1 fully saturated rings. The normalized spacial score (nSPS) is 24.8. The molecule has 1 N–H and O–H groups in total. The van der Waals surface area contributed by atoms with Gasteiger partial charge in [-0.25, -0.2) is 4.39 Å². The summed E-state index contributed by atoms with van der Waals surface area (Å²) in [4.78, 5) is 0. The number of hydrogen-bond donors (Lipinski definition) is 1. The van der Waals surface area contributed by atoms with Crippen LogP contribution in [0.3, 0.4) is 0 Å². The van der Waals surface area contributed by atoms with Crippen molar-refractivity contribution in [2.24, 2.45) is 5.92 Å². The van der Waals surface area contributed by atoms with Crippen LogP contribution in [0.25, 0.3) is 0 Å². The second-order valence-corrected chi connectivity index (χ2v) is 6.13. The van der Waals surface area contributed by atoms with E-state index in [9.17, 15) is 30.7 Å². The van der Waals surface area contributed by atoms with Gasteiger partial charge in [-0.3, -0.25) is 0 Å². The number of benzene rings is 1. The van der Waals surface area contributed by atoms with E-state index in [1.807, 2.05) is 0 Å². The van der Waals surface area contributed by atoms with Crippen LogP contribution in [0.4, 0.5) is 36.4 Å². The van der Waals surface area contributed by atoms with Crippen molar-refractivity contribution in [3.63, 3.8) is 0 Å². The molecular formula is C15H14F7N. The lowest BCUT2D eigenvalue weighted by atomic mass is 9.82. The van der Waals surface area contributed by atoms with Crippen LogP contribution in [-0.2, 0) is 5.67 Å². The number of nitrogens with one attached hydrogen (secondary N) is 1. The second kappa shape index (κ2) is 5.01. The highest BCUT2D eigenvalue weighted by Crippen LogP contribution is 2.54. The summed E-state index contributed by atoms with van der Waals surface area (Å²) >= 11 is 0. The number of rotatable bonds is 1. The van der Waals surface area contributed by atoms with Gasteiger partial charge in [0.2, 0.25) is 0 Å². The van der Waals surface area contributed by atoms with Crippen LogP contribution in [0.15, 0.2) is 18.2 Å². The lowest BCUT2D eigenvalue weighted by Crippen LogP contribution is -2.50. The fraction of sp³-hybridized carbons (Fsp3) is 0.600. The number of fused-ring (bicyclic) bond motifs is 3. The van der Waals surface area contributed by atoms with E-state index >= 15 is 0 Å². The zero-order valence-electron chi connectivity index (χ0n) is 11.9. The standard InChI is InChI=1S/C15H14F7N/c16-13(14(17,18)19,15(20,21)22)9-4-5-11-10-3-1-2-8(10)7-23-12(11)6-9/h4-6,8,10,23H,1-3,7H2. The third-order valence-corrected chi connectivity index (χ3v) is 4.85. The third-order valence-electron chi connectivity index (χ3n) is 4.85. The van der Waals surface area contributed by atoms with Gasteiger partial charge in [-0.1, -0.05) is 18.6 Å². The van der Waals surface area contributed by atoms with Crippen LogP contribution in [-0.4, -0.2) is 18.9 Å². The van der Waals surface area contributed by atoms with Crippen molar-refractivity contribution in [3.8, 4) is 0 Å². The Balaban J connectivity index is 2.07. The summed E-state index contributed by atoms with van der Waals surface area (Å²) < 4.78 is 91.0. The molecular weight excluding hydrogens is 327 g/mol. The van der Waals surface area contributed by atoms with Gasteiger partial charge in [0.25, 0.3) is 0 Å². The van der Waals surface area contributed by atoms with Crippen LogP contribution in [0.5, 0.6) is 0 Å². The average molecular weight is 341 g/mol. The van der Waals surface area contributed by atoms with E-state index in [4.69, 9.17) is 0 Å². The zero-order chi connectivity index (χ0) is 17.0. The summed E-state index contributed by atoms with van der Waals surface area (Å²) in [5, 5.41) is 2.85. The van der Waals surface area contributed by atoms with Gasteiger partial charge in [0.05, 0.1) is 0 Å². The van der Waals surface area contributed by atoms with Crippen LogP contribution in [0.2, 0.25) is 0 Å². The van der Waals surface area contributed by atoms with Crippen molar-refractivity contribution < 1.29 is 30.7 Å². The maximum absolute atomic E-state index is 14.1. The molecule has 2 aliphatic rings. The largest absolute Gasteiger partial charge is 0.435 e. The summed E-state index contributed by atoms with van der Waals surface area (Å²) in [5.74, 6) is 0.444. The van der Waals surface area contributed by atoms with Crippen molar-refractivity contribution in [2.45, 2.75) is 43.2 Å². The summed E-state index contributed by atoms with van der Waals surface area (Å²) in [6, 6.07) is 2.47. The molecule has 1 heterocycles. The van der Waals surface area contributed by atoms with Gasteiger partial charge in [-0.05, 0) is 36.3 Å². The molecule has 0 amide bonds. The summed E-state index contributed by atoms with van der Waals surface area (Å²) in [6.45, 7) is 0.485. The Morgan fingerprint density at radius 2 is 1.57 bits per heavy atom. The van der Waals surface area contributed by atoms with Crippen molar-refractivity contribution in [2.75, 3.05) is 11.9 Å². The first kappa shape index (κ1) is 16.4. The van der Waals surface area contributed by atoms with Crippen LogP contribution in [0, 0.1) is 5.92 Å². The van der Waals surface area contributed by atoms with E-state index in [0.29, 0.717) is 30.2 Å². The van der Waals surface area contributed by atoms with Gasteiger partial charge < -0.3 is 5.32 Å². The highest BCUT2D eigenvalue weighted by Gasteiger charge is 2.73. The number of hydrogen-bond acceptors (Lipinski definition) is 1. The predicted molar refractivity (Wildman–Crippen MR) is 69.9 cm³/mol. The average Bonchev–Trinajstić information content (AvgIpc) is 2.92. The number of anilines is 1. The van der Waals surface area contributed by atoms with E-state index in [-0.39, 0.29) is 11.6 Å². The molecule has 2 atom stereocenters. The van der Waals surface area contributed by atoms with Crippen LogP contribution >= 0.6 is 0 Å². The number of halogens is 7. The molecule has 3 rings (SSSR count). The molecule has 0 radical (unpaired) electrons. The van der Waals surface area contributed by atoms with Crippen molar-refractivity contribution in [1.82, 2.24) is 0 Å². The van der Waals surface area contributed by atoms with Crippen molar-refractivity contribution >= 4 is 5.69 Å². The molecule has 1 aliphatic heterocycles. The van der Waals surface area contributed by atoms with Crippen LogP contribution in [0.1, 0.15) is 36.3 Å². The van der Waals surface area contributed by atoms with Crippen molar-refractivity contribution in [1.29, 1.82) is 0 Å². The summed E-state index contributed by atoms with van der Waals surface area (Å²) in [5.41, 5.74) is -5.96. The molecule has 1 aromatic rings. The van der Waals surface area contributed by atoms with Gasteiger partial charge in [-0.15, -0.1) is 0 Å². The minimum Gasteiger partial charge on any atom is -0.385 e. The zero-order valence-corrected chi connectivity index (χ0v) is 11.9. The molecule has 1 aliphatic carbocycles. The second-order valence-electron chi connectivity index (χ2n) is 6.13. The summed E-state index contributed by atoms with van der Waals surface area (Å²) in [6.07, 6.45) is -9.38. The molecule has 23 heavy (non-hydrogen) atoms.